The molecule has 27 heavy (non-hydrogen) atoms. The molecule has 1 aliphatic heterocycles. The van der Waals surface area contributed by atoms with Crippen molar-refractivity contribution in [1.82, 2.24) is 19.9 Å². The monoisotopic (exact) mass is 369 g/mol. The van der Waals surface area contributed by atoms with E-state index in [0.717, 1.165) is 55.4 Å². The predicted octanol–water partition coefficient (Wildman–Crippen LogP) is 2.74. The smallest absolute Gasteiger partial charge is 0.224 e. The van der Waals surface area contributed by atoms with Crippen LogP contribution in [0.5, 0.6) is 0 Å². The first-order chi connectivity index (χ1) is 13.1. The fourth-order valence-electron chi connectivity index (χ4n) is 3.42. The average molecular weight is 369 g/mol. The first kappa shape index (κ1) is 19.2. The van der Waals surface area contributed by atoms with Crippen LogP contribution >= 0.6 is 0 Å². The number of amides is 1. The molecule has 0 aromatic carbocycles. The van der Waals surface area contributed by atoms with Gasteiger partial charge in [-0.25, -0.2) is 15.0 Å². The summed E-state index contributed by atoms with van der Waals surface area (Å²) in [5, 5.41) is 3.23. The lowest BCUT2D eigenvalue weighted by Crippen LogP contribution is -2.40. The van der Waals surface area contributed by atoms with E-state index in [1.807, 2.05) is 36.1 Å². The third-order valence-corrected chi connectivity index (χ3v) is 4.76. The van der Waals surface area contributed by atoms with E-state index in [2.05, 4.69) is 20.3 Å². The predicted molar refractivity (Wildman–Crippen MR) is 104 cm³/mol. The maximum absolute atomic E-state index is 12.2. The molecule has 1 unspecified atom stereocenters. The minimum Gasteiger partial charge on any atom is -0.384 e. The molecular formula is C20H27N5O2. The van der Waals surface area contributed by atoms with E-state index in [9.17, 15) is 4.79 Å². The van der Waals surface area contributed by atoms with Crippen LogP contribution in [-0.2, 0) is 16.0 Å². The zero-order valence-electron chi connectivity index (χ0n) is 16.0. The number of ether oxygens (including phenoxy) is 1. The quantitative estimate of drug-likeness (QED) is 0.808. The van der Waals surface area contributed by atoms with Gasteiger partial charge >= 0.3 is 0 Å². The van der Waals surface area contributed by atoms with Gasteiger partial charge in [0.25, 0.3) is 0 Å². The number of rotatable bonds is 7. The number of methoxy groups -OCH3 is 1. The summed E-state index contributed by atoms with van der Waals surface area (Å²) in [6.45, 7) is 4.07. The lowest BCUT2D eigenvalue weighted by Gasteiger charge is -2.32. The Balaban J connectivity index is 1.59. The molecule has 1 amide bonds. The Hall–Kier alpha value is -2.54. The van der Waals surface area contributed by atoms with Crippen molar-refractivity contribution in [2.24, 2.45) is 5.92 Å². The molecule has 3 rings (SSSR count). The number of nitrogens with zero attached hydrogens (tertiary/aromatic N) is 4. The van der Waals surface area contributed by atoms with Crippen LogP contribution in [0.4, 0.5) is 11.6 Å². The standard InChI is InChI=1S/C20H27N5O2/c1-15-5-3-7-18(23-15)24-19-12-17(21-14-22-19)11-16-6-4-9-25(13-16)20(26)8-10-27-2/h3,5,7,12,14,16H,4,6,8-11,13H2,1-2H3,(H,21,22,23,24). The van der Waals surface area contributed by atoms with E-state index in [1.165, 1.54) is 0 Å². The average Bonchev–Trinajstić information content (AvgIpc) is 2.66. The lowest BCUT2D eigenvalue weighted by molar-refractivity contribution is -0.133. The number of anilines is 2. The highest BCUT2D eigenvalue weighted by Crippen LogP contribution is 2.22. The summed E-state index contributed by atoms with van der Waals surface area (Å²) in [6.07, 6.45) is 5.02. The van der Waals surface area contributed by atoms with Crippen LogP contribution in [0.15, 0.2) is 30.6 Å². The van der Waals surface area contributed by atoms with E-state index in [0.29, 0.717) is 18.9 Å². The van der Waals surface area contributed by atoms with E-state index < -0.39 is 0 Å². The van der Waals surface area contributed by atoms with Crippen molar-refractivity contribution < 1.29 is 9.53 Å². The lowest BCUT2D eigenvalue weighted by atomic mass is 9.93. The number of hydrogen-bond acceptors (Lipinski definition) is 6. The van der Waals surface area contributed by atoms with Gasteiger partial charge in [-0.05, 0) is 44.2 Å². The van der Waals surface area contributed by atoms with Crippen molar-refractivity contribution in [2.75, 3.05) is 32.1 Å². The van der Waals surface area contributed by atoms with Gasteiger partial charge in [0.2, 0.25) is 5.91 Å². The van der Waals surface area contributed by atoms with Crippen LogP contribution in [-0.4, -0.2) is 52.6 Å². The second-order valence-corrected chi connectivity index (χ2v) is 6.98. The highest BCUT2D eigenvalue weighted by atomic mass is 16.5. The van der Waals surface area contributed by atoms with Crippen molar-refractivity contribution in [2.45, 2.75) is 32.6 Å². The summed E-state index contributed by atoms with van der Waals surface area (Å²) >= 11 is 0. The summed E-state index contributed by atoms with van der Waals surface area (Å²) in [5.74, 6) is 2.11. The Morgan fingerprint density at radius 2 is 2.22 bits per heavy atom. The Morgan fingerprint density at radius 1 is 1.33 bits per heavy atom. The Bertz CT molecular complexity index is 768. The van der Waals surface area contributed by atoms with Crippen LogP contribution in [0.2, 0.25) is 0 Å². The van der Waals surface area contributed by atoms with Gasteiger partial charge in [0, 0.05) is 37.7 Å². The Morgan fingerprint density at radius 3 is 3.04 bits per heavy atom. The molecular weight excluding hydrogens is 342 g/mol. The molecule has 0 spiro atoms. The van der Waals surface area contributed by atoms with Crippen LogP contribution in [0.3, 0.4) is 0 Å². The minimum absolute atomic E-state index is 0.178. The molecule has 7 heteroatoms. The van der Waals surface area contributed by atoms with Gasteiger partial charge in [0.1, 0.15) is 18.0 Å². The van der Waals surface area contributed by atoms with Gasteiger partial charge in [-0.2, -0.15) is 0 Å². The number of nitrogens with one attached hydrogen (secondary N) is 1. The molecule has 2 aromatic rings. The SMILES string of the molecule is COCCC(=O)N1CCCC(Cc2cc(Nc3cccc(C)n3)ncn2)C1. The highest BCUT2D eigenvalue weighted by molar-refractivity contribution is 5.76. The Kier molecular flexibility index (Phi) is 6.70. The number of aryl methyl sites for hydroxylation is 1. The van der Waals surface area contributed by atoms with Crippen molar-refractivity contribution in [3.8, 4) is 0 Å². The molecule has 1 saturated heterocycles. The Labute approximate surface area is 160 Å². The topological polar surface area (TPSA) is 80.2 Å². The maximum Gasteiger partial charge on any atom is 0.224 e. The van der Waals surface area contributed by atoms with Crippen LogP contribution < -0.4 is 5.32 Å². The highest BCUT2D eigenvalue weighted by Gasteiger charge is 2.24. The molecule has 0 bridgehead atoms. The number of pyridine rings is 1. The minimum atomic E-state index is 0.178. The number of carbonyl (C=O) groups excluding carboxylic acids is 1. The van der Waals surface area contributed by atoms with Crippen LogP contribution in [0.25, 0.3) is 0 Å². The molecule has 3 heterocycles. The third-order valence-electron chi connectivity index (χ3n) is 4.76. The molecule has 1 atom stereocenters. The van der Waals surface area contributed by atoms with Gasteiger partial charge in [-0.3, -0.25) is 4.79 Å². The number of likely N-dealkylation sites (tertiary alicyclic amines) is 1. The largest absolute Gasteiger partial charge is 0.384 e. The van der Waals surface area contributed by atoms with Crippen LogP contribution in [0.1, 0.15) is 30.7 Å². The summed E-state index contributed by atoms with van der Waals surface area (Å²) in [6, 6.07) is 7.80. The number of piperidine rings is 1. The zero-order valence-corrected chi connectivity index (χ0v) is 16.0. The summed E-state index contributed by atoms with van der Waals surface area (Å²) in [5.41, 5.74) is 1.94. The molecule has 7 nitrogen and oxygen atoms in total. The number of carbonyl (C=O) groups is 1. The fraction of sp³-hybridized carbons (Fsp3) is 0.500. The zero-order chi connectivity index (χ0) is 19.1. The van der Waals surface area contributed by atoms with Gasteiger partial charge in [0.15, 0.2) is 0 Å². The summed E-state index contributed by atoms with van der Waals surface area (Å²) < 4.78 is 5.02. The molecule has 0 aliphatic carbocycles. The number of aromatic nitrogens is 3. The maximum atomic E-state index is 12.2. The van der Waals surface area contributed by atoms with E-state index in [-0.39, 0.29) is 5.91 Å². The number of hydrogen-bond donors (Lipinski definition) is 1. The van der Waals surface area contributed by atoms with Crippen molar-refractivity contribution >= 4 is 17.5 Å². The van der Waals surface area contributed by atoms with Crippen molar-refractivity contribution in [1.29, 1.82) is 0 Å². The van der Waals surface area contributed by atoms with Crippen LogP contribution in [0, 0.1) is 12.8 Å². The summed E-state index contributed by atoms with van der Waals surface area (Å²) in [4.78, 5) is 27.4. The summed E-state index contributed by atoms with van der Waals surface area (Å²) in [7, 11) is 1.62. The van der Waals surface area contributed by atoms with Crippen molar-refractivity contribution in [3.63, 3.8) is 0 Å². The molecule has 1 aliphatic rings. The fourth-order valence-corrected chi connectivity index (χ4v) is 3.42. The first-order valence-electron chi connectivity index (χ1n) is 9.42. The third kappa shape index (κ3) is 5.72. The second-order valence-electron chi connectivity index (χ2n) is 6.98. The molecule has 0 radical (unpaired) electrons. The van der Waals surface area contributed by atoms with Gasteiger partial charge in [-0.1, -0.05) is 6.07 Å². The first-order valence-corrected chi connectivity index (χ1v) is 9.42. The molecule has 1 fully saturated rings. The van der Waals surface area contributed by atoms with Gasteiger partial charge in [-0.15, -0.1) is 0 Å². The molecule has 0 saturated carbocycles. The normalized spacial score (nSPS) is 17.0. The van der Waals surface area contributed by atoms with E-state index in [1.54, 1.807) is 13.4 Å². The molecule has 144 valence electrons. The van der Waals surface area contributed by atoms with Gasteiger partial charge < -0.3 is 15.0 Å². The van der Waals surface area contributed by atoms with Crippen molar-refractivity contribution in [3.05, 3.63) is 42.0 Å². The molecule has 1 N–H and O–H groups in total. The van der Waals surface area contributed by atoms with E-state index >= 15 is 0 Å². The second kappa shape index (κ2) is 9.41. The van der Waals surface area contributed by atoms with E-state index in [4.69, 9.17) is 4.74 Å². The van der Waals surface area contributed by atoms with Gasteiger partial charge in [0.05, 0.1) is 13.0 Å². The molecule has 2 aromatic heterocycles.